The van der Waals surface area contributed by atoms with Crippen molar-refractivity contribution in [1.29, 1.82) is 0 Å². The largest absolute Gasteiger partial charge is 0.442 e. The van der Waals surface area contributed by atoms with Crippen molar-refractivity contribution in [3.63, 3.8) is 0 Å². The molecule has 1 aromatic heterocycles. The Bertz CT molecular complexity index is 1030. The Labute approximate surface area is 150 Å². The van der Waals surface area contributed by atoms with E-state index in [4.69, 9.17) is 11.6 Å². The second-order valence-electron chi connectivity index (χ2n) is 5.20. The van der Waals surface area contributed by atoms with Crippen LogP contribution in [-0.4, -0.2) is 20.6 Å². The highest BCUT2D eigenvalue weighted by atomic mass is 35.5. The lowest BCUT2D eigenvalue weighted by molar-refractivity contribution is -0.384. The van der Waals surface area contributed by atoms with Crippen molar-refractivity contribution in [3.05, 3.63) is 74.2 Å². The lowest BCUT2D eigenvalue weighted by atomic mass is 10.2. The molecule has 1 heterocycles. The normalized spacial score (nSPS) is 10.5. The van der Waals surface area contributed by atoms with Crippen molar-refractivity contribution in [2.75, 3.05) is 5.32 Å². The van der Waals surface area contributed by atoms with E-state index in [2.05, 4.69) is 15.0 Å². The van der Waals surface area contributed by atoms with Gasteiger partial charge in [-0.3, -0.25) is 19.4 Å². The van der Waals surface area contributed by atoms with E-state index < -0.39 is 16.6 Å². The third-order valence-corrected chi connectivity index (χ3v) is 3.77. The van der Waals surface area contributed by atoms with Crippen LogP contribution in [0, 0.1) is 10.1 Å². The van der Waals surface area contributed by atoms with Gasteiger partial charge in [0.2, 0.25) is 5.91 Å². The number of rotatable bonds is 5. The first-order valence-electron chi connectivity index (χ1n) is 7.31. The van der Waals surface area contributed by atoms with Crippen LogP contribution in [0.15, 0.2) is 57.8 Å². The SMILES string of the molecule is O=C(Cn1c(-c2ccccc2)noc1=O)Nc1ccc(Cl)c([N+](=O)[O-])c1. The third kappa shape index (κ3) is 3.62. The average molecular weight is 375 g/mol. The molecule has 26 heavy (non-hydrogen) atoms. The number of carbonyl (C=O) groups excluding carboxylic acids is 1. The monoisotopic (exact) mass is 374 g/mol. The second kappa shape index (κ2) is 7.19. The lowest BCUT2D eigenvalue weighted by Crippen LogP contribution is -2.25. The van der Waals surface area contributed by atoms with E-state index >= 15 is 0 Å². The molecular formula is C16H11ClN4O5. The van der Waals surface area contributed by atoms with Crippen LogP contribution in [0.5, 0.6) is 0 Å². The summed E-state index contributed by atoms with van der Waals surface area (Å²) in [5, 5.41) is 17.0. The van der Waals surface area contributed by atoms with Gasteiger partial charge in [-0.05, 0) is 12.1 Å². The molecule has 0 fully saturated rings. The molecular weight excluding hydrogens is 364 g/mol. The molecule has 0 unspecified atom stereocenters. The van der Waals surface area contributed by atoms with Gasteiger partial charge in [-0.2, -0.15) is 0 Å². The Morgan fingerprint density at radius 3 is 2.69 bits per heavy atom. The Hall–Kier alpha value is -3.46. The quantitative estimate of drug-likeness (QED) is 0.541. The minimum atomic E-state index is -0.791. The number of amides is 1. The summed E-state index contributed by atoms with van der Waals surface area (Å²) in [4.78, 5) is 34.3. The van der Waals surface area contributed by atoms with Gasteiger partial charge in [0, 0.05) is 17.3 Å². The molecule has 0 aliphatic rings. The third-order valence-electron chi connectivity index (χ3n) is 3.45. The van der Waals surface area contributed by atoms with Gasteiger partial charge in [-0.25, -0.2) is 9.36 Å². The summed E-state index contributed by atoms with van der Waals surface area (Å²) in [6.07, 6.45) is 0. The number of aromatic nitrogens is 2. The molecule has 10 heteroatoms. The summed E-state index contributed by atoms with van der Waals surface area (Å²) in [7, 11) is 0. The number of halogens is 1. The van der Waals surface area contributed by atoms with Crippen LogP contribution < -0.4 is 11.1 Å². The van der Waals surface area contributed by atoms with E-state index in [1.54, 1.807) is 30.3 Å². The predicted octanol–water partition coefficient (Wildman–Crippen LogP) is 2.70. The molecule has 0 aliphatic carbocycles. The number of nitrogens with one attached hydrogen (secondary N) is 1. The Morgan fingerprint density at radius 1 is 1.27 bits per heavy atom. The molecule has 1 amide bonds. The molecule has 0 saturated carbocycles. The molecule has 9 nitrogen and oxygen atoms in total. The van der Waals surface area contributed by atoms with Gasteiger partial charge in [0.15, 0.2) is 5.82 Å². The highest BCUT2D eigenvalue weighted by Crippen LogP contribution is 2.27. The number of nitro benzene ring substituents is 1. The van der Waals surface area contributed by atoms with Crippen molar-refractivity contribution in [2.45, 2.75) is 6.54 Å². The van der Waals surface area contributed by atoms with Crippen LogP contribution in [0.2, 0.25) is 5.02 Å². The first kappa shape index (κ1) is 17.4. The van der Waals surface area contributed by atoms with E-state index in [0.717, 1.165) is 10.6 Å². The zero-order valence-electron chi connectivity index (χ0n) is 13.1. The Kier molecular flexibility index (Phi) is 4.81. The van der Waals surface area contributed by atoms with Crippen molar-refractivity contribution in [1.82, 2.24) is 9.72 Å². The van der Waals surface area contributed by atoms with Crippen LogP contribution in [0.25, 0.3) is 11.4 Å². The minimum absolute atomic E-state index is 0.0467. The van der Waals surface area contributed by atoms with Crippen molar-refractivity contribution < 1.29 is 14.2 Å². The van der Waals surface area contributed by atoms with E-state index in [0.29, 0.717) is 5.56 Å². The number of nitro groups is 1. The van der Waals surface area contributed by atoms with Crippen molar-refractivity contribution in [3.8, 4) is 11.4 Å². The summed E-state index contributed by atoms with van der Waals surface area (Å²) in [5.74, 6) is -1.17. The number of nitrogens with zero attached hydrogens (tertiary/aromatic N) is 3. The zero-order chi connectivity index (χ0) is 18.7. The first-order chi connectivity index (χ1) is 12.5. The molecule has 0 bridgehead atoms. The smallest absolute Gasteiger partial charge is 0.324 e. The molecule has 132 valence electrons. The summed E-state index contributed by atoms with van der Waals surface area (Å²) in [6, 6.07) is 12.6. The summed E-state index contributed by atoms with van der Waals surface area (Å²) in [6.45, 7) is -0.372. The van der Waals surface area contributed by atoms with E-state index in [1.807, 2.05) is 0 Å². The number of hydrogen-bond acceptors (Lipinski definition) is 6. The first-order valence-corrected chi connectivity index (χ1v) is 7.69. The fourth-order valence-corrected chi connectivity index (χ4v) is 2.46. The standard InChI is InChI=1S/C16H11ClN4O5/c17-12-7-6-11(8-13(12)21(24)25)18-14(22)9-20-15(19-26-16(20)23)10-4-2-1-3-5-10/h1-8H,9H2,(H,18,22). The topological polar surface area (TPSA) is 120 Å². The fourth-order valence-electron chi connectivity index (χ4n) is 2.28. The molecule has 0 saturated heterocycles. The Morgan fingerprint density at radius 2 is 2.00 bits per heavy atom. The molecule has 0 spiro atoms. The van der Waals surface area contributed by atoms with Gasteiger partial charge in [0.1, 0.15) is 11.6 Å². The fraction of sp³-hybridized carbons (Fsp3) is 0.0625. The van der Waals surface area contributed by atoms with Crippen LogP contribution in [0.3, 0.4) is 0 Å². The molecule has 1 N–H and O–H groups in total. The molecule has 3 aromatic rings. The number of benzene rings is 2. The second-order valence-corrected chi connectivity index (χ2v) is 5.60. The number of carbonyl (C=O) groups is 1. The summed E-state index contributed by atoms with van der Waals surface area (Å²) in [5.41, 5.74) is 0.446. The molecule has 0 aliphatic heterocycles. The lowest BCUT2D eigenvalue weighted by Gasteiger charge is -2.07. The van der Waals surface area contributed by atoms with Crippen molar-refractivity contribution >= 4 is 28.9 Å². The van der Waals surface area contributed by atoms with E-state index in [1.165, 1.54) is 12.1 Å². The predicted molar refractivity (Wildman–Crippen MR) is 92.9 cm³/mol. The minimum Gasteiger partial charge on any atom is -0.324 e. The van der Waals surface area contributed by atoms with Crippen LogP contribution in [0.1, 0.15) is 0 Å². The zero-order valence-corrected chi connectivity index (χ0v) is 13.8. The molecule has 2 aromatic carbocycles. The maximum absolute atomic E-state index is 12.2. The molecule has 0 radical (unpaired) electrons. The maximum Gasteiger partial charge on any atom is 0.442 e. The van der Waals surface area contributed by atoms with Crippen LogP contribution in [-0.2, 0) is 11.3 Å². The van der Waals surface area contributed by atoms with Gasteiger partial charge < -0.3 is 5.32 Å². The number of anilines is 1. The maximum atomic E-state index is 12.2. The molecule has 0 atom stereocenters. The molecule has 3 rings (SSSR count). The summed E-state index contributed by atoms with van der Waals surface area (Å²) < 4.78 is 5.70. The van der Waals surface area contributed by atoms with Gasteiger partial charge in [0.05, 0.1) is 4.92 Å². The number of hydrogen-bond donors (Lipinski definition) is 1. The van der Waals surface area contributed by atoms with Gasteiger partial charge in [-0.15, -0.1) is 0 Å². The van der Waals surface area contributed by atoms with E-state index in [9.17, 15) is 19.7 Å². The average Bonchev–Trinajstić information content (AvgIpc) is 2.98. The van der Waals surface area contributed by atoms with Crippen molar-refractivity contribution in [2.24, 2.45) is 0 Å². The van der Waals surface area contributed by atoms with Gasteiger partial charge >= 0.3 is 5.76 Å². The Balaban J connectivity index is 1.82. The van der Waals surface area contributed by atoms with E-state index in [-0.39, 0.29) is 28.8 Å². The van der Waals surface area contributed by atoms with Gasteiger partial charge in [0.25, 0.3) is 5.69 Å². The van der Waals surface area contributed by atoms with Crippen LogP contribution >= 0.6 is 11.6 Å². The highest BCUT2D eigenvalue weighted by Gasteiger charge is 2.17. The van der Waals surface area contributed by atoms with Crippen LogP contribution in [0.4, 0.5) is 11.4 Å². The summed E-state index contributed by atoms with van der Waals surface area (Å²) >= 11 is 5.73. The van der Waals surface area contributed by atoms with Gasteiger partial charge in [-0.1, -0.05) is 47.1 Å². The highest BCUT2D eigenvalue weighted by molar-refractivity contribution is 6.32.